The molecule has 2 aromatic carbocycles. The molecule has 27 heavy (non-hydrogen) atoms. The number of hydrogen-bond donors (Lipinski definition) is 3. The van der Waals surface area contributed by atoms with Gasteiger partial charge in [0.05, 0.1) is 13.7 Å². The summed E-state index contributed by atoms with van der Waals surface area (Å²) in [5.74, 6) is 0.503. The number of amides is 3. The quantitative estimate of drug-likeness (QED) is 0.662. The number of likely N-dealkylation sites (N-methyl/N-ethyl adjacent to an activating group) is 1. The molecule has 0 aliphatic carbocycles. The van der Waals surface area contributed by atoms with Crippen LogP contribution < -0.4 is 20.3 Å². The van der Waals surface area contributed by atoms with Crippen molar-refractivity contribution in [2.45, 2.75) is 26.4 Å². The Balaban J connectivity index is 2.16. The summed E-state index contributed by atoms with van der Waals surface area (Å²) in [6.07, 6.45) is 0. The van der Waals surface area contributed by atoms with Crippen molar-refractivity contribution in [3.8, 4) is 5.75 Å². The van der Waals surface area contributed by atoms with Crippen LogP contribution in [0.1, 0.15) is 31.0 Å². The molecule has 3 amide bonds. The van der Waals surface area contributed by atoms with Crippen LogP contribution >= 0.6 is 0 Å². The van der Waals surface area contributed by atoms with E-state index in [0.29, 0.717) is 19.7 Å². The summed E-state index contributed by atoms with van der Waals surface area (Å²) in [5, 5.41) is 5.04. The Hall–Kier alpha value is -2.86. The van der Waals surface area contributed by atoms with E-state index in [4.69, 9.17) is 4.74 Å². The van der Waals surface area contributed by atoms with Crippen LogP contribution in [0.5, 0.6) is 5.75 Å². The Morgan fingerprint density at radius 3 is 2.30 bits per heavy atom. The highest BCUT2D eigenvalue weighted by Gasteiger charge is 2.30. The zero-order chi connectivity index (χ0) is 19.6. The average molecular weight is 370 g/mol. The lowest BCUT2D eigenvalue weighted by atomic mass is 10.0. The summed E-state index contributed by atoms with van der Waals surface area (Å²) >= 11 is 0. The predicted molar refractivity (Wildman–Crippen MR) is 105 cm³/mol. The van der Waals surface area contributed by atoms with E-state index in [0.717, 1.165) is 21.8 Å². The molecule has 0 fully saturated rings. The Morgan fingerprint density at radius 1 is 1.04 bits per heavy atom. The number of rotatable bonds is 8. The van der Waals surface area contributed by atoms with E-state index in [-0.39, 0.29) is 5.91 Å². The number of hydrogen-bond acceptors (Lipinski definition) is 3. The first-order chi connectivity index (χ1) is 13.0. The molecule has 6 nitrogen and oxygen atoms in total. The Labute approximate surface area is 160 Å². The minimum Gasteiger partial charge on any atom is -0.494 e. The lowest BCUT2D eigenvalue weighted by Crippen LogP contribution is -3.09. The standard InChI is InChI=1S/C21H27N3O3/c1-4-22-21(26)23-20(25)19(17-9-7-6-8-10-17)24(3)15-16-11-13-18(14-12-16)27-5-2/h6-14,19H,4-5,15H2,1-3H3,(H2,22,23,25,26)/p+1/t19-/m0/s1. The molecular formula is C21H28N3O3+. The van der Waals surface area contributed by atoms with E-state index >= 15 is 0 Å². The minimum absolute atomic E-state index is 0.324. The zero-order valence-electron chi connectivity index (χ0n) is 16.1. The summed E-state index contributed by atoms with van der Waals surface area (Å²) in [4.78, 5) is 25.6. The Kier molecular flexibility index (Phi) is 7.82. The monoisotopic (exact) mass is 370 g/mol. The maximum absolute atomic E-state index is 12.8. The van der Waals surface area contributed by atoms with E-state index in [9.17, 15) is 9.59 Å². The molecule has 0 spiro atoms. The molecule has 3 N–H and O–H groups in total. The van der Waals surface area contributed by atoms with Gasteiger partial charge in [-0.15, -0.1) is 0 Å². The molecule has 0 bridgehead atoms. The highest BCUT2D eigenvalue weighted by molar-refractivity contribution is 5.96. The number of quaternary nitrogens is 1. The summed E-state index contributed by atoms with van der Waals surface area (Å²) in [7, 11) is 1.95. The highest BCUT2D eigenvalue weighted by Crippen LogP contribution is 2.13. The van der Waals surface area contributed by atoms with Crippen LogP contribution in [-0.2, 0) is 11.3 Å². The summed E-state index contributed by atoms with van der Waals surface area (Å²) in [6.45, 7) is 5.48. The van der Waals surface area contributed by atoms with Gasteiger partial charge in [0.25, 0.3) is 5.91 Å². The van der Waals surface area contributed by atoms with Crippen LogP contribution in [-0.4, -0.2) is 32.1 Å². The van der Waals surface area contributed by atoms with Gasteiger partial charge >= 0.3 is 6.03 Å². The summed E-state index contributed by atoms with van der Waals surface area (Å²) < 4.78 is 5.47. The molecule has 0 saturated heterocycles. The molecule has 6 heteroatoms. The molecule has 2 atom stereocenters. The van der Waals surface area contributed by atoms with Crippen molar-refractivity contribution in [1.82, 2.24) is 10.6 Å². The molecule has 1 unspecified atom stereocenters. The molecule has 0 heterocycles. The van der Waals surface area contributed by atoms with Gasteiger partial charge in [0.1, 0.15) is 12.3 Å². The molecule has 0 aliphatic heterocycles. The largest absolute Gasteiger partial charge is 0.494 e. The first-order valence-electron chi connectivity index (χ1n) is 9.22. The third-order valence-electron chi connectivity index (χ3n) is 4.18. The normalized spacial score (nSPS) is 12.7. The van der Waals surface area contributed by atoms with Crippen LogP contribution in [0.4, 0.5) is 4.79 Å². The first kappa shape index (κ1) is 20.5. The van der Waals surface area contributed by atoms with E-state index in [1.54, 1.807) is 0 Å². The van der Waals surface area contributed by atoms with E-state index in [1.165, 1.54) is 0 Å². The Morgan fingerprint density at radius 2 is 1.70 bits per heavy atom. The van der Waals surface area contributed by atoms with Crippen molar-refractivity contribution in [3.05, 3.63) is 65.7 Å². The second-order valence-electron chi connectivity index (χ2n) is 6.29. The van der Waals surface area contributed by atoms with Crippen molar-refractivity contribution >= 4 is 11.9 Å². The maximum Gasteiger partial charge on any atom is 0.321 e. The summed E-state index contributed by atoms with van der Waals surface area (Å²) in [5.41, 5.74) is 1.95. The number of carbonyl (C=O) groups is 2. The first-order valence-corrected chi connectivity index (χ1v) is 9.22. The molecule has 0 aliphatic rings. The van der Waals surface area contributed by atoms with Gasteiger partial charge < -0.3 is 15.0 Å². The van der Waals surface area contributed by atoms with E-state index in [1.807, 2.05) is 75.5 Å². The van der Waals surface area contributed by atoms with Crippen molar-refractivity contribution in [3.63, 3.8) is 0 Å². The molecule has 2 aromatic rings. The van der Waals surface area contributed by atoms with Crippen LogP contribution in [0, 0.1) is 0 Å². The smallest absolute Gasteiger partial charge is 0.321 e. The van der Waals surface area contributed by atoms with Crippen molar-refractivity contribution < 1.29 is 19.2 Å². The van der Waals surface area contributed by atoms with E-state index < -0.39 is 12.1 Å². The predicted octanol–water partition coefficient (Wildman–Crippen LogP) is 1.69. The van der Waals surface area contributed by atoms with Gasteiger partial charge in [0, 0.05) is 17.7 Å². The third kappa shape index (κ3) is 6.11. The second kappa shape index (κ2) is 10.3. The number of benzene rings is 2. The van der Waals surface area contributed by atoms with Gasteiger partial charge in [-0.25, -0.2) is 4.79 Å². The van der Waals surface area contributed by atoms with Crippen molar-refractivity contribution in [2.24, 2.45) is 0 Å². The number of imide groups is 1. The SMILES string of the molecule is CCNC(=O)NC(=O)[C@H](c1ccccc1)[NH+](C)Cc1ccc(OCC)cc1. The molecule has 0 saturated carbocycles. The Bertz CT molecular complexity index is 732. The highest BCUT2D eigenvalue weighted by atomic mass is 16.5. The fourth-order valence-corrected chi connectivity index (χ4v) is 2.99. The zero-order valence-corrected chi connectivity index (χ0v) is 16.1. The second-order valence-corrected chi connectivity index (χ2v) is 6.29. The number of ether oxygens (including phenoxy) is 1. The maximum atomic E-state index is 12.8. The van der Waals surface area contributed by atoms with Crippen LogP contribution in [0.3, 0.4) is 0 Å². The number of urea groups is 1. The van der Waals surface area contributed by atoms with Crippen molar-refractivity contribution in [1.29, 1.82) is 0 Å². The number of carbonyl (C=O) groups excluding carboxylic acids is 2. The van der Waals surface area contributed by atoms with Gasteiger partial charge in [0.15, 0.2) is 6.04 Å². The molecule has 144 valence electrons. The third-order valence-corrected chi connectivity index (χ3v) is 4.18. The molecule has 0 radical (unpaired) electrons. The van der Waals surface area contributed by atoms with Crippen LogP contribution in [0.2, 0.25) is 0 Å². The fraction of sp³-hybridized carbons (Fsp3) is 0.333. The van der Waals surface area contributed by atoms with Crippen LogP contribution in [0.25, 0.3) is 0 Å². The minimum atomic E-state index is -0.500. The molecule has 0 aromatic heterocycles. The summed E-state index contributed by atoms with van der Waals surface area (Å²) in [6, 6.07) is 16.4. The lowest BCUT2D eigenvalue weighted by molar-refractivity contribution is -0.916. The van der Waals surface area contributed by atoms with Gasteiger partial charge in [-0.2, -0.15) is 0 Å². The fourth-order valence-electron chi connectivity index (χ4n) is 2.99. The van der Waals surface area contributed by atoms with Crippen molar-refractivity contribution in [2.75, 3.05) is 20.2 Å². The van der Waals surface area contributed by atoms with Gasteiger partial charge in [-0.05, 0) is 38.1 Å². The number of nitrogens with one attached hydrogen (secondary N) is 3. The van der Waals surface area contributed by atoms with E-state index in [2.05, 4.69) is 10.6 Å². The lowest BCUT2D eigenvalue weighted by Gasteiger charge is -2.24. The topological polar surface area (TPSA) is 71.9 Å². The van der Waals surface area contributed by atoms with Gasteiger partial charge in [-0.1, -0.05) is 30.3 Å². The van der Waals surface area contributed by atoms with Gasteiger partial charge in [0.2, 0.25) is 0 Å². The molecular weight excluding hydrogens is 342 g/mol. The van der Waals surface area contributed by atoms with Gasteiger partial charge in [-0.3, -0.25) is 10.1 Å². The molecule has 2 rings (SSSR count). The average Bonchev–Trinajstić information content (AvgIpc) is 2.65. The van der Waals surface area contributed by atoms with Crippen LogP contribution in [0.15, 0.2) is 54.6 Å².